The van der Waals surface area contributed by atoms with Gasteiger partial charge in [-0.2, -0.15) is 0 Å². The lowest BCUT2D eigenvalue weighted by molar-refractivity contribution is 0.0733. The predicted molar refractivity (Wildman–Crippen MR) is 90.8 cm³/mol. The molecule has 0 fully saturated rings. The topological polar surface area (TPSA) is 35.5 Å². The van der Waals surface area contributed by atoms with Crippen LogP contribution in [0.15, 0.2) is 40.9 Å². The minimum atomic E-state index is -0.378. The molecule has 0 bridgehead atoms. The first-order valence-corrected chi connectivity index (χ1v) is 8.02. The van der Waals surface area contributed by atoms with Crippen LogP contribution in [0.5, 0.6) is 11.5 Å². The fourth-order valence-corrected chi connectivity index (χ4v) is 2.43. The van der Waals surface area contributed by atoms with Gasteiger partial charge < -0.3 is 9.47 Å². The van der Waals surface area contributed by atoms with E-state index in [9.17, 15) is 4.79 Å². The highest BCUT2D eigenvalue weighted by atomic mass is 79.9. The largest absolute Gasteiger partial charge is 0.492 e. The van der Waals surface area contributed by atoms with Gasteiger partial charge in [-0.25, -0.2) is 4.79 Å². The fraction of sp³-hybridized carbons (Fsp3) is 0.278. The van der Waals surface area contributed by atoms with E-state index in [1.165, 1.54) is 0 Å². The molecule has 0 N–H and O–H groups in total. The van der Waals surface area contributed by atoms with Gasteiger partial charge in [-0.15, -0.1) is 0 Å². The van der Waals surface area contributed by atoms with Crippen LogP contribution in [0.1, 0.15) is 34.8 Å². The molecule has 0 amide bonds. The SMILES string of the molecule is CCCOc1ccc(C(=O)Oc2cc(C)ccc2C)cc1Br. The van der Waals surface area contributed by atoms with Crippen molar-refractivity contribution in [2.24, 2.45) is 0 Å². The third-order valence-corrected chi connectivity index (χ3v) is 3.80. The average molecular weight is 363 g/mol. The quantitative estimate of drug-likeness (QED) is 0.549. The minimum Gasteiger partial charge on any atom is -0.492 e. The van der Waals surface area contributed by atoms with Gasteiger partial charge in [0.05, 0.1) is 16.6 Å². The van der Waals surface area contributed by atoms with Gasteiger partial charge in [-0.1, -0.05) is 19.1 Å². The summed E-state index contributed by atoms with van der Waals surface area (Å²) in [7, 11) is 0. The monoisotopic (exact) mass is 362 g/mol. The van der Waals surface area contributed by atoms with Crippen LogP contribution in [0, 0.1) is 13.8 Å². The number of hydrogen-bond donors (Lipinski definition) is 0. The van der Waals surface area contributed by atoms with Crippen molar-refractivity contribution in [2.75, 3.05) is 6.61 Å². The van der Waals surface area contributed by atoms with E-state index in [1.54, 1.807) is 18.2 Å². The normalized spacial score (nSPS) is 10.4. The molecule has 116 valence electrons. The smallest absolute Gasteiger partial charge is 0.343 e. The maximum absolute atomic E-state index is 12.3. The zero-order chi connectivity index (χ0) is 16.1. The zero-order valence-corrected chi connectivity index (χ0v) is 14.6. The summed E-state index contributed by atoms with van der Waals surface area (Å²) < 4.78 is 11.8. The van der Waals surface area contributed by atoms with Crippen molar-refractivity contribution < 1.29 is 14.3 Å². The lowest BCUT2D eigenvalue weighted by atomic mass is 10.1. The van der Waals surface area contributed by atoms with Crippen molar-refractivity contribution in [3.8, 4) is 11.5 Å². The van der Waals surface area contributed by atoms with Gasteiger partial charge in [-0.05, 0) is 71.6 Å². The van der Waals surface area contributed by atoms with Crippen LogP contribution < -0.4 is 9.47 Å². The Morgan fingerprint density at radius 1 is 1.09 bits per heavy atom. The lowest BCUT2D eigenvalue weighted by Crippen LogP contribution is -2.09. The van der Waals surface area contributed by atoms with Gasteiger partial charge in [0, 0.05) is 0 Å². The van der Waals surface area contributed by atoms with Crippen molar-refractivity contribution in [2.45, 2.75) is 27.2 Å². The summed E-state index contributed by atoms with van der Waals surface area (Å²) in [5, 5.41) is 0. The van der Waals surface area contributed by atoms with Crippen LogP contribution in [0.2, 0.25) is 0 Å². The summed E-state index contributed by atoms with van der Waals surface area (Å²) in [6.45, 7) is 6.57. The van der Waals surface area contributed by atoms with Crippen LogP contribution in [0.4, 0.5) is 0 Å². The third-order valence-electron chi connectivity index (χ3n) is 3.18. The van der Waals surface area contributed by atoms with Gasteiger partial charge in [0.1, 0.15) is 11.5 Å². The molecule has 2 rings (SSSR count). The Balaban J connectivity index is 2.16. The Morgan fingerprint density at radius 3 is 2.55 bits per heavy atom. The highest BCUT2D eigenvalue weighted by molar-refractivity contribution is 9.10. The van der Waals surface area contributed by atoms with E-state index in [1.807, 2.05) is 39.0 Å². The first-order valence-electron chi connectivity index (χ1n) is 7.23. The predicted octanol–water partition coefficient (Wildman–Crippen LogP) is 5.07. The van der Waals surface area contributed by atoms with Crippen LogP contribution in [0.3, 0.4) is 0 Å². The van der Waals surface area contributed by atoms with Crippen molar-refractivity contribution in [3.05, 3.63) is 57.6 Å². The standard InChI is InChI=1S/C18H19BrO3/c1-4-9-21-16-8-7-14(11-15(16)19)18(20)22-17-10-12(2)5-6-13(17)3/h5-8,10-11H,4,9H2,1-3H3. The number of halogens is 1. The molecule has 0 saturated carbocycles. The second-order valence-corrected chi connectivity index (χ2v) is 6.01. The summed E-state index contributed by atoms with van der Waals surface area (Å²) in [6, 6.07) is 11.0. The molecule has 0 aromatic heterocycles. The Bertz CT molecular complexity index is 680. The molecule has 0 unspecified atom stereocenters. The molecular weight excluding hydrogens is 344 g/mol. The van der Waals surface area contributed by atoms with Crippen LogP contribution in [-0.4, -0.2) is 12.6 Å². The highest BCUT2D eigenvalue weighted by Gasteiger charge is 2.13. The number of benzene rings is 2. The number of aryl methyl sites for hydroxylation is 2. The summed E-state index contributed by atoms with van der Waals surface area (Å²) in [5.41, 5.74) is 2.47. The lowest BCUT2D eigenvalue weighted by Gasteiger charge is -2.10. The van der Waals surface area contributed by atoms with Gasteiger partial charge in [0.2, 0.25) is 0 Å². The third kappa shape index (κ3) is 4.10. The van der Waals surface area contributed by atoms with Crippen LogP contribution in [-0.2, 0) is 0 Å². The molecule has 4 heteroatoms. The molecule has 0 aliphatic rings. The number of ether oxygens (including phenoxy) is 2. The molecule has 0 spiro atoms. The molecule has 3 nitrogen and oxygen atoms in total. The molecule has 2 aromatic carbocycles. The van der Waals surface area contributed by atoms with Crippen LogP contribution >= 0.6 is 15.9 Å². The van der Waals surface area contributed by atoms with Crippen molar-refractivity contribution >= 4 is 21.9 Å². The van der Waals surface area contributed by atoms with Crippen molar-refractivity contribution in [1.29, 1.82) is 0 Å². The average Bonchev–Trinajstić information content (AvgIpc) is 2.49. The van der Waals surface area contributed by atoms with E-state index >= 15 is 0 Å². The molecule has 0 aliphatic carbocycles. The molecule has 0 aliphatic heterocycles. The highest BCUT2D eigenvalue weighted by Crippen LogP contribution is 2.27. The fourth-order valence-electron chi connectivity index (χ4n) is 1.93. The van der Waals surface area contributed by atoms with E-state index in [0.717, 1.165) is 27.8 Å². The molecule has 0 heterocycles. The summed E-state index contributed by atoms with van der Waals surface area (Å²) in [6.07, 6.45) is 0.933. The zero-order valence-electron chi connectivity index (χ0n) is 13.0. The van der Waals surface area contributed by atoms with Gasteiger partial charge in [0.25, 0.3) is 0 Å². The second-order valence-electron chi connectivity index (χ2n) is 5.15. The van der Waals surface area contributed by atoms with E-state index < -0.39 is 0 Å². The van der Waals surface area contributed by atoms with E-state index in [4.69, 9.17) is 9.47 Å². The molecular formula is C18H19BrO3. The first-order chi connectivity index (χ1) is 10.5. The Morgan fingerprint density at radius 2 is 1.86 bits per heavy atom. The number of carbonyl (C=O) groups is 1. The Hall–Kier alpha value is -1.81. The Labute approximate surface area is 139 Å². The second kappa shape index (κ2) is 7.45. The van der Waals surface area contributed by atoms with E-state index in [0.29, 0.717) is 17.9 Å². The maximum atomic E-state index is 12.3. The Kier molecular flexibility index (Phi) is 5.61. The van der Waals surface area contributed by atoms with Gasteiger partial charge in [0.15, 0.2) is 0 Å². The van der Waals surface area contributed by atoms with Crippen molar-refractivity contribution in [1.82, 2.24) is 0 Å². The van der Waals surface area contributed by atoms with Crippen molar-refractivity contribution in [3.63, 3.8) is 0 Å². The number of rotatable bonds is 5. The number of hydrogen-bond acceptors (Lipinski definition) is 3. The molecule has 2 aromatic rings. The maximum Gasteiger partial charge on any atom is 0.343 e. The van der Waals surface area contributed by atoms with Gasteiger partial charge in [-0.3, -0.25) is 0 Å². The van der Waals surface area contributed by atoms with E-state index in [2.05, 4.69) is 15.9 Å². The molecule has 22 heavy (non-hydrogen) atoms. The van der Waals surface area contributed by atoms with E-state index in [-0.39, 0.29) is 5.97 Å². The minimum absolute atomic E-state index is 0.378. The number of carbonyl (C=O) groups excluding carboxylic acids is 1. The molecule has 0 atom stereocenters. The summed E-state index contributed by atoms with van der Waals surface area (Å²) in [5.74, 6) is 0.939. The first kappa shape index (κ1) is 16.6. The molecule has 0 saturated heterocycles. The van der Waals surface area contributed by atoms with Crippen LogP contribution in [0.25, 0.3) is 0 Å². The van der Waals surface area contributed by atoms with Gasteiger partial charge >= 0.3 is 5.97 Å². The molecule has 0 radical (unpaired) electrons. The number of esters is 1. The summed E-state index contributed by atoms with van der Waals surface area (Å²) in [4.78, 5) is 12.3. The summed E-state index contributed by atoms with van der Waals surface area (Å²) >= 11 is 3.42.